The standard InChI is InChI=1S/C12H25NO3/c1-7-13-12(4,8-10(14)15-5)9-11(2,3)16-6/h13H,7-9H2,1-6H3. The van der Waals surface area contributed by atoms with E-state index in [0.717, 1.165) is 13.0 Å². The van der Waals surface area contributed by atoms with Crippen LogP contribution in [0.3, 0.4) is 0 Å². The van der Waals surface area contributed by atoms with Crippen molar-refractivity contribution >= 4 is 5.97 Å². The van der Waals surface area contributed by atoms with Crippen molar-refractivity contribution in [2.45, 2.75) is 51.7 Å². The van der Waals surface area contributed by atoms with Crippen molar-refractivity contribution in [1.29, 1.82) is 0 Å². The summed E-state index contributed by atoms with van der Waals surface area (Å²) in [5, 5.41) is 3.33. The SMILES string of the molecule is CCNC(C)(CC(=O)OC)CC(C)(C)OC. The molecule has 0 spiro atoms. The Balaban J connectivity index is 4.61. The minimum Gasteiger partial charge on any atom is -0.469 e. The van der Waals surface area contributed by atoms with Gasteiger partial charge in [-0.05, 0) is 33.7 Å². The molecule has 0 aliphatic rings. The highest BCUT2D eigenvalue weighted by molar-refractivity contribution is 5.70. The van der Waals surface area contributed by atoms with Crippen LogP contribution in [-0.2, 0) is 14.3 Å². The Bertz CT molecular complexity index is 228. The molecule has 0 bridgehead atoms. The van der Waals surface area contributed by atoms with E-state index in [4.69, 9.17) is 9.47 Å². The lowest BCUT2D eigenvalue weighted by atomic mass is 9.85. The van der Waals surface area contributed by atoms with Gasteiger partial charge in [-0.15, -0.1) is 0 Å². The molecular weight excluding hydrogens is 206 g/mol. The molecule has 1 N–H and O–H groups in total. The number of rotatable bonds is 7. The number of methoxy groups -OCH3 is 2. The summed E-state index contributed by atoms with van der Waals surface area (Å²) in [6.45, 7) is 8.89. The van der Waals surface area contributed by atoms with Crippen LogP contribution in [0.1, 0.15) is 40.5 Å². The Hall–Kier alpha value is -0.610. The summed E-state index contributed by atoms with van der Waals surface area (Å²) < 4.78 is 10.1. The molecule has 0 heterocycles. The van der Waals surface area contributed by atoms with Gasteiger partial charge < -0.3 is 14.8 Å². The average Bonchev–Trinajstić information content (AvgIpc) is 2.16. The molecule has 1 atom stereocenters. The van der Waals surface area contributed by atoms with E-state index in [1.807, 2.05) is 27.7 Å². The van der Waals surface area contributed by atoms with Gasteiger partial charge in [0.15, 0.2) is 0 Å². The first-order valence-electron chi connectivity index (χ1n) is 5.65. The predicted molar refractivity (Wildman–Crippen MR) is 64.4 cm³/mol. The second-order valence-electron chi connectivity index (χ2n) is 4.98. The molecule has 0 aromatic heterocycles. The van der Waals surface area contributed by atoms with Gasteiger partial charge in [-0.2, -0.15) is 0 Å². The van der Waals surface area contributed by atoms with Crippen molar-refractivity contribution in [1.82, 2.24) is 5.32 Å². The third kappa shape index (κ3) is 5.47. The highest BCUT2D eigenvalue weighted by atomic mass is 16.5. The number of carbonyl (C=O) groups excluding carboxylic acids is 1. The number of nitrogens with one attached hydrogen (secondary N) is 1. The maximum Gasteiger partial charge on any atom is 0.307 e. The Morgan fingerprint density at radius 1 is 1.25 bits per heavy atom. The molecule has 4 heteroatoms. The number of ether oxygens (including phenoxy) is 2. The molecule has 0 aromatic rings. The normalized spacial score (nSPS) is 15.6. The van der Waals surface area contributed by atoms with Crippen LogP contribution in [-0.4, -0.2) is 37.9 Å². The summed E-state index contributed by atoms with van der Waals surface area (Å²) in [6, 6.07) is 0. The van der Waals surface area contributed by atoms with Gasteiger partial charge in [-0.1, -0.05) is 6.92 Å². The zero-order chi connectivity index (χ0) is 12.8. The minimum atomic E-state index is -0.290. The van der Waals surface area contributed by atoms with Gasteiger partial charge in [0.05, 0.1) is 19.1 Å². The zero-order valence-electron chi connectivity index (χ0n) is 11.3. The van der Waals surface area contributed by atoms with Crippen molar-refractivity contribution in [3.05, 3.63) is 0 Å². The Morgan fingerprint density at radius 3 is 2.19 bits per heavy atom. The molecule has 0 amide bonds. The fraction of sp³-hybridized carbons (Fsp3) is 0.917. The summed E-state index contributed by atoms with van der Waals surface area (Å²) in [6.07, 6.45) is 1.10. The molecule has 0 aromatic carbocycles. The van der Waals surface area contributed by atoms with Crippen LogP contribution in [0, 0.1) is 0 Å². The molecule has 1 unspecified atom stereocenters. The van der Waals surface area contributed by atoms with Crippen LogP contribution >= 0.6 is 0 Å². The van der Waals surface area contributed by atoms with E-state index in [0.29, 0.717) is 6.42 Å². The summed E-state index contributed by atoms with van der Waals surface area (Å²) in [5.41, 5.74) is -0.549. The fourth-order valence-electron chi connectivity index (χ4n) is 2.02. The molecule has 0 aliphatic carbocycles. The van der Waals surface area contributed by atoms with Crippen LogP contribution in [0.25, 0.3) is 0 Å². The first kappa shape index (κ1) is 15.4. The lowest BCUT2D eigenvalue weighted by Gasteiger charge is -2.36. The van der Waals surface area contributed by atoms with Gasteiger partial charge in [-0.25, -0.2) is 0 Å². The topological polar surface area (TPSA) is 47.6 Å². The van der Waals surface area contributed by atoms with Gasteiger partial charge in [0.1, 0.15) is 0 Å². The molecule has 0 fully saturated rings. The number of hydrogen-bond donors (Lipinski definition) is 1. The molecule has 0 aliphatic heterocycles. The molecule has 0 saturated carbocycles. The van der Waals surface area contributed by atoms with E-state index in [9.17, 15) is 4.79 Å². The van der Waals surface area contributed by atoms with Crippen LogP contribution < -0.4 is 5.32 Å². The first-order chi connectivity index (χ1) is 7.28. The predicted octanol–water partition coefficient (Wildman–Crippen LogP) is 1.73. The lowest BCUT2D eigenvalue weighted by Crippen LogP contribution is -2.49. The average molecular weight is 231 g/mol. The highest BCUT2D eigenvalue weighted by Crippen LogP contribution is 2.26. The molecule has 0 rings (SSSR count). The van der Waals surface area contributed by atoms with Crippen LogP contribution in [0.2, 0.25) is 0 Å². The van der Waals surface area contributed by atoms with Crippen LogP contribution in [0.5, 0.6) is 0 Å². The van der Waals surface area contributed by atoms with E-state index >= 15 is 0 Å². The van der Waals surface area contributed by atoms with E-state index < -0.39 is 0 Å². The monoisotopic (exact) mass is 231 g/mol. The summed E-state index contributed by atoms with van der Waals surface area (Å²) in [5.74, 6) is -0.199. The largest absolute Gasteiger partial charge is 0.469 e. The van der Waals surface area contributed by atoms with Gasteiger partial charge >= 0.3 is 5.97 Å². The lowest BCUT2D eigenvalue weighted by molar-refractivity contribution is -0.142. The van der Waals surface area contributed by atoms with Crippen molar-refractivity contribution in [3.8, 4) is 0 Å². The van der Waals surface area contributed by atoms with Crippen molar-refractivity contribution in [2.24, 2.45) is 0 Å². The third-order valence-electron chi connectivity index (χ3n) is 2.73. The number of hydrogen-bond acceptors (Lipinski definition) is 4. The van der Waals surface area contributed by atoms with Crippen LogP contribution in [0.15, 0.2) is 0 Å². The molecular formula is C12H25NO3. The number of esters is 1. The van der Waals surface area contributed by atoms with E-state index in [1.54, 1.807) is 7.11 Å². The zero-order valence-corrected chi connectivity index (χ0v) is 11.3. The van der Waals surface area contributed by atoms with Gasteiger partial charge in [0.25, 0.3) is 0 Å². The quantitative estimate of drug-likeness (QED) is 0.678. The van der Waals surface area contributed by atoms with Crippen molar-refractivity contribution in [3.63, 3.8) is 0 Å². The first-order valence-corrected chi connectivity index (χ1v) is 5.65. The van der Waals surface area contributed by atoms with Crippen molar-refractivity contribution in [2.75, 3.05) is 20.8 Å². The smallest absolute Gasteiger partial charge is 0.307 e. The molecule has 4 nitrogen and oxygen atoms in total. The molecule has 0 radical (unpaired) electrons. The second kappa shape index (κ2) is 6.21. The van der Waals surface area contributed by atoms with E-state index in [-0.39, 0.29) is 17.1 Å². The second-order valence-corrected chi connectivity index (χ2v) is 4.98. The third-order valence-corrected chi connectivity index (χ3v) is 2.73. The van der Waals surface area contributed by atoms with Gasteiger partial charge in [0, 0.05) is 12.6 Å². The molecule has 96 valence electrons. The maximum absolute atomic E-state index is 11.4. The maximum atomic E-state index is 11.4. The summed E-state index contributed by atoms with van der Waals surface area (Å²) >= 11 is 0. The molecule has 16 heavy (non-hydrogen) atoms. The Labute approximate surface area is 98.7 Å². The Kier molecular flexibility index (Phi) is 5.97. The van der Waals surface area contributed by atoms with Crippen molar-refractivity contribution < 1.29 is 14.3 Å². The van der Waals surface area contributed by atoms with Gasteiger partial charge in [-0.3, -0.25) is 4.79 Å². The summed E-state index contributed by atoms with van der Waals surface area (Å²) in [7, 11) is 3.10. The fourth-order valence-corrected chi connectivity index (χ4v) is 2.02. The minimum absolute atomic E-state index is 0.199. The summed E-state index contributed by atoms with van der Waals surface area (Å²) in [4.78, 5) is 11.4. The Morgan fingerprint density at radius 2 is 1.81 bits per heavy atom. The van der Waals surface area contributed by atoms with Gasteiger partial charge in [0.2, 0.25) is 0 Å². The molecule has 0 saturated heterocycles. The van der Waals surface area contributed by atoms with E-state index in [1.165, 1.54) is 7.11 Å². The highest BCUT2D eigenvalue weighted by Gasteiger charge is 2.34. The van der Waals surface area contributed by atoms with Crippen LogP contribution in [0.4, 0.5) is 0 Å². The number of carbonyl (C=O) groups is 1. The van der Waals surface area contributed by atoms with E-state index in [2.05, 4.69) is 5.32 Å².